The Kier molecular flexibility index (Phi) is 6.07. The maximum atomic E-state index is 13.0. The van der Waals surface area contributed by atoms with Crippen LogP contribution in [0.1, 0.15) is 18.9 Å². The van der Waals surface area contributed by atoms with Crippen molar-refractivity contribution in [1.29, 1.82) is 0 Å². The molecule has 1 aliphatic heterocycles. The number of amides is 1. The number of anilines is 1. The smallest absolute Gasteiger partial charge is 0.407 e. The summed E-state index contributed by atoms with van der Waals surface area (Å²) in [6.07, 6.45) is 2.49. The molecule has 3 aromatic rings. The summed E-state index contributed by atoms with van der Waals surface area (Å²) >= 11 is 0. The highest BCUT2D eigenvalue weighted by atomic mass is 32.2. The topological polar surface area (TPSA) is 134 Å². The van der Waals surface area contributed by atoms with Crippen molar-refractivity contribution in [1.82, 2.24) is 18.8 Å². The van der Waals surface area contributed by atoms with Crippen molar-refractivity contribution in [3.63, 3.8) is 0 Å². The van der Waals surface area contributed by atoms with Gasteiger partial charge in [0.15, 0.2) is 11.4 Å². The molecule has 0 spiro atoms. The van der Waals surface area contributed by atoms with Gasteiger partial charge in [-0.2, -0.15) is 0 Å². The Bertz CT molecular complexity index is 1300. The second-order valence-corrected chi connectivity index (χ2v) is 9.99. The zero-order valence-corrected chi connectivity index (χ0v) is 19.1. The van der Waals surface area contributed by atoms with E-state index in [2.05, 4.69) is 15.3 Å². The van der Waals surface area contributed by atoms with E-state index in [0.717, 1.165) is 16.0 Å². The van der Waals surface area contributed by atoms with Gasteiger partial charge in [-0.3, -0.25) is 4.79 Å². The first-order chi connectivity index (χ1) is 15.7. The number of hydrogen-bond donors (Lipinski definition) is 2. The third-order valence-electron chi connectivity index (χ3n) is 6.03. The predicted molar refractivity (Wildman–Crippen MR) is 122 cm³/mol. The molecule has 2 N–H and O–H groups in total. The Morgan fingerprint density at radius 1 is 1.18 bits per heavy atom. The average molecular weight is 472 g/mol. The number of ketones is 1. The summed E-state index contributed by atoms with van der Waals surface area (Å²) < 4.78 is 27.1. The molecule has 1 saturated heterocycles. The van der Waals surface area contributed by atoms with Gasteiger partial charge >= 0.3 is 6.09 Å². The molecule has 4 rings (SSSR count). The fraction of sp³-hybridized carbons (Fsp3) is 0.364. The lowest BCUT2D eigenvalue weighted by atomic mass is 9.90. The number of aromatic nitrogens is 3. The third-order valence-corrected chi connectivity index (χ3v) is 7.71. The second-order valence-electron chi connectivity index (χ2n) is 8.18. The van der Waals surface area contributed by atoms with Gasteiger partial charge in [0.05, 0.1) is 17.6 Å². The van der Waals surface area contributed by atoms with Crippen molar-refractivity contribution in [3.05, 3.63) is 48.3 Å². The summed E-state index contributed by atoms with van der Waals surface area (Å²) in [5, 5.41) is 12.2. The lowest BCUT2D eigenvalue weighted by molar-refractivity contribution is -0.121. The zero-order chi connectivity index (χ0) is 23.8. The van der Waals surface area contributed by atoms with Gasteiger partial charge in [-0.1, -0.05) is 31.0 Å². The lowest BCUT2D eigenvalue weighted by Gasteiger charge is -2.15. The van der Waals surface area contributed by atoms with Crippen LogP contribution < -0.4 is 5.32 Å². The number of hydrogen-bond acceptors (Lipinski definition) is 7. The van der Waals surface area contributed by atoms with E-state index in [4.69, 9.17) is 0 Å². The molecule has 174 valence electrons. The van der Waals surface area contributed by atoms with Gasteiger partial charge in [-0.05, 0) is 31.0 Å². The molecule has 11 heteroatoms. The van der Waals surface area contributed by atoms with E-state index < -0.39 is 16.1 Å². The number of carbonyl (C=O) groups is 2. The van der Waals surface area contributed by atoms with Crippen molar-refractivity contribution in [3.8, 4) is 0 Å². The molecule has 1 aliphatic rings. The number of Topliss-reactive ketones (excluding diaryl/α,β-unsaturated/α-hetero) is 1. The maximum Gasteiger partial charge on any atom is 0.407 e. The van der Waals surface area contributed by atoms with E-state index in [9.17, 15) is 23.1 Å². The summed E-state index contributed by atoms with van der Waals surface area (Å²) in [6.45, 7) is 4.36. The fourth-order valence-corrected chi connectivity index (χ4v) is 5.40. The number of nitrogens with zero attached hydrogens (tertiary/aromatic N) is 4. The monoisotopic (exact) mass is 471 g/mol. The van der Waals surface area contributed by atoms with Crippen molar-refractivity contribution in [2.75, 3.05) is 25.0 Å². The molecule has 0 aliphatic carbocycles. The standard InChI is InChI=1S/C22H25N5O5S/c1-3-15-12-26(22(29)30)13-17(15)19(28)10-23-20-11-24-21-18(25-20)8-9-27(21)33(31,32)16-6-4-14(2)5-7-16/h4-9,11,15,17H,3,10,12-13H2,1-2H3,(H,23,25)(H,29,30)/t15-,17+/m1/s1. The van der Waals surface area contributed by atoms with E-state index in [1.165, 1.54) is 17.3 Å². The Morgan fingerprint density at radius 2 is 1.91 bits per heavy atom. The van der Waals surface area contributed by atoms with Crippen LogP contribution in [0, 0.1) is 18.8 Å². The Balaban J connectivity index is 1.49. The summed E-state index contributed by atoms with van der Waals surface area (Å²) in [4.78, 5) is 34.0. The molecule has 1 fully saturated rings. The average Bonchev–Trinajstić information content (AvgIpc) is 3.42. The van der Waals surface area contributed by atoms with Crippen LogP contribution in [0.25, 0.3) is 11.2 Å². The van der Waals surface area contributed by atoms with Crippen molar-refractivity contribution in [2.24, 2.45) is 11.8 Å². The first-order valence-corrected chi connectivity index (χ1v) is 12.1. The van der Waals surface area contributed by atoms with Crippen molar-refractivity contribution < 1.29 is 23.1 Å². The van der Waals surface area contributed by atoms with Crippen LogP contribution in [0.5, 0.6) is 0 Å². The van der Waals surface area contributed by atoms with Crippen LogP contribution in [0.2, 0.25) is 0 Å². The lowest BCUT2D eigenvalue weighted by Crippen LogP contribution is -2.30. The molecule has 0 saturated carbocycles. The highest BCUT2D eigenvalue weighted by Crippen LogP contribution is 2.27. The van der Waals surface area contributed by atoms with Gasteiger partial charge in [0.2, 0.25) is 0 Å². The molecule has 0 radical (unpaired) electrons. The molecule has 10 nitrogen and oxygen atoms in total. The van der Waals surface area contributed by atoms with Crippen LogP contribution in [-0.4, -0.2) is 63.9 Å². The van der Waals surface area contributed by atoms with Gasteiger partial charge in [0.25, 0.3) is 10.0 Å². The minimum Gasteiger partial charge on any atom is -0.465 e. The largest absolute Gasteiger partial charge is 0.465 e. The third kappa shape index (κ3) is 4.40. The van der Waals surface area contributed by atoms with Crippen molar-refractivity contribution >= 4 is 38.9 Å². The highest BCUT2D eigenvalue weighted by molar-refractivity contribution is 7.90. The molecule has 1 aromatic carbocycles. The second kappa shape index (κ2) is 8.81. The summed E-state index contributed by atoms with van der Waals surface area (Å²) in [5.74, 6) is -0.129. The van der Waals surface area contributed by atoms with Gasteiger partial charge < -0.3 is 15.3 Å². The number of rotatable bonds is 7. The first-order valence-electron chi connectivity index (χ1n) is 10.6. The summed E-state index contributed by atoms with van der Waals surface area (Å²) in [7, 11) is -3.82. The number of carboxylic acid groups (broad SMARTS) is 1. The van der Waals surface area contributed by atoms with Crippen LogP contribution in [0.15, 0.2) is 47.6 Å². The van der Waals surface area contributed by atoms with E-state index in [1.807, 2.05) is 13.8 Å². The molecular weight excluding hydrogens is 446 g/mol. The molecule has 1 amide bonds. The summed E-state index contributed by atoms with van der Waals surface area (Å²) in [6, 6.07) is 8.10. The van der Waals surface area contributed by atoms with Gasteiger partial charge in [0, 0.05) is 25.2 Å². The maximum absolute atomic E-state index is 13.0. The Morgan fingerprint density at radius 3 is 2.58 bits per heavy atom. The van der Waals surface area contributed by atoms with Gasteiger partial charge in [-0.15, -0.1) is 0 Å². The quantitative estimate of drug-likeness (QED) is 0.537. The van der Waals surface area contributed by atoms with Crippen LogP contribution >= 0.6 is 0 Å². The predicted octanol–water partition coefficient (Wildman–Crippen LogP) is 2.59. The number of likely N-dealkylation sites (tertiary alicyclic amines) is 1. The zero-order valence-electron chi connectivity index (χ0n) is 18.3. The molecule has 2 atom stereocenters. The number of nitrogens with one attached hydrogen (secondary N) is 1. The number of fused-ring (bicyclic) bond motifs is 1. The Labute approximate surface area is 191 Å². The van der Waals surface area contributed by atoms with Crippen LogP contribution in [0.3, 0.4) is 0 Å². The van der Waals surface area contributed by atoms with E-state index in [-0.39, 0.29) is 41.3 Å². The van der Waals surface area contributed by atoms with E-state index >= 15 is 0 Å². The van der Waals surface area contributed by atoms with E-state index in [1.54, 1.807) is 30.3 Å². The molecule has 0 bridgehead atoms. The highest BCUT2D eigenvalue weighted by Gasteiger charge is 2.38. The van der Waals surface area contributed by atoms with Gasteiger partial charge in [-0.25, -0.2) is 27.2 Å². The fourth-order valence-electron chi connectivity index (χ4n) is 4.11. The molecule has 33 heavy (non-hydrogen) atoms. The minimum absolute atomic E-state index is 0.00928. The normalized spacial score (nSPS) is 18.5. The molecule has 0 unspecified atom stereocenters. The molecule has 2 aromatic heterocycles. The molecular formula is C22H25N5O5S. The van der Waals surface area contributed by atoms with E-state index in [0.29, 0.717) is 17.9 Å². The van der Waals surface area contributed by atoms with Crippen molar-refractivity contribution in [2.45, 2.75) is 25.2 Å². The number of aryl methyl sites for hydroxylation is 1. The minimum atomic E-state index is -3.82. The summed E-state index contributed by atoms with van der Waals surface area (Å²) in [5.41, 5.74) is 1.51. The molecule has 3 heterocycles. The van der Waals surface area contributed by atoms with Crippen LogP contribution in [0.4, 0.5) is 10.6 Å². The Hall–Kier alpha value is -3.47. The first kappa shape index (κ1) is 22.7. The van der Waals surface area contributed by atoms with Gasteiger partial charge in [0.1, 0.15) is 11.3 Å². The van der Waals surface area contributed by atoms with Crippen LogP contribution in [-0.2, 0) is 14.8 Å². The number of benzene rings is 1. The number of carbonyl (C=O) groups excluding carboxylic acids is 1. The SMILES string of the molecule is CC[C@@H]1CN(C(=O)O)C[C@@H]1C(=O)CNc1cnc2c(ccn2S(=O)(=O)c2ccc(C)cc2)n1.